The molecule has 0 aliphatic carbocycles. The summed E-state index contributed by atoms with van der Waals surface area (Å²) in [5, 5.41) is 23.3. The molecule has 3 N–H and O–H groups in total. The first kappa shape index (κ1) is 79.1. The Hall–Kier alpha value is -1.92. The van der Waals surface area contributed by atoms with Gasteiger partial charge in [0.2, 0.25) is 5.91 Å². The molecule has 6 heteroatoms. The fraction of sp³-hybridized carbons (Fsp3) is 0.893. The van der Waals surface area contributed by atoms with E-state index in [1.54, 1.807) is 6.08 Å². The van der Waals surface area contributed by atoms with Gasteiger partial charge in [0.25, 0.3) is 0 Å². The number of amides is 1. The summed E-state index contributed by atoms with van der Waals surface area (Å²) >= 11 is 0. The molecular weight excluding hydrogens is 995 g/mol. The number of hydrogen-bond acceptors (Lipinski definition) is 5. The second-order valence-corrected chi connectivity index (χ2v) is 25.3. The van der Waals surface area contributed by atoms with Gasteiger partial charge in [-0.3, -0.25) is 9.59 Å². The van der Waals surface area contributed by atoms with Crippen molar-refractivity contribution >= 4 is 11.9 Å². The van der Waals surface area contributed by atoms with Gasteiger partial charge in [0.1, 0.15) is 0 Å². The monoisotopic (exact) mass is 1140 g/mol. The number of carbonyl (C=O) groups is 2. The summed E-state index contributed by atoms with van der Waals surface area (Å²) in [7, 11) is 0. The van der Waals surface area contributed by atoms with Gasteiger partial charge in [0.05, 0.1) is 25.4 Å². The predicted octanol–water partition coefficient (Wildman–Crippen LogP) is 23.9. The average Bonchev–Trinajstić information content (AvgIpc) is 3.47. The molecule has 0 aromatic rings. The summed E-state index contributed by atoms with van der Waals surface area (Å²) in [4.78, 5) is 24.6. The SMILES string of the molecule is CCCCCCCCCCCCCCCCCCCCCCCCC/C=C/C(O)C(CO)NC(=O)CCCCCCCCCCC/C=C\C/C=C\CCCCCCCCCCCOC(=O)CCCCCCCCCCCCCCCC. The molecule has 0 aromatic heterocycles. The number of unbranched alkanes of at least 4 members (excludes halogenated alkanes) is 54. The first-order chi connectivity index (χ1) is 40.0. The molecule has 0 fully saturated rings. The number of carbonyl (C=O) groups excluding carboxylic acids is 2. The Bertz CT molecular complexity index is 1310. The van der Waals surface area contributed by atoms with Gasteiger partial charge in [0, 0.05) is 12.8 Å². The maximum absolute atomic E-state index is 12.5. The normalized spacial score (nSPS) is 12.7. The zero-order valence-corrected chi connectivity index (χ0v) is 54.8. The molecule has 478 valence electrons. The Morgan fingerprint density at radius 2 is 0.617 bits per heavy atom. The summed E-state index contributed by atoms with van der Waals surface area (Å²) in [6, 6.07) is -0.634. The molecule has 1 amide bonds. The summed E-state index contributed by atoms with van der Waals surface area (Å²) in [6.45, 7) is 4.94. The van der Waals surface area contributed by atoms with E-state index in [-0.39, 0.29) is 18.5 Å². The van der Waals surface area contributed by atoms with E-state index in [0.717, 1.165) is 44.9 Å². The first-order valence-corrected chi connectivity index (χ1v) is 36.8. The van der Waals surface area contributed by atoms with Crippen molar-refractivity contribution in [1.29, 1.82) is 0 Å². The van der Waals surface area contributed by atoms with Gasteiger partial charge >= 0.3 is 5.97 Å². The van der Waals surface area contributed by atoms with Crippen LogP contribution in [-0.2, 0) is 14.3 Å². The lowest BCUT2D eigenvalue weighted by Crippen LogP contribution is -2.45. The van der Waals surface area contributed by atoms with Crippen molar-refractivity contribution in [2.75, 3.05) is 13.2 Å². The number of esters is 1. The van der Waals surface area contributed by atoms with Crippen LogP contribution in [0.2, 0.25) is 0 Å². The molecule has 0 rings (SSSR count). The third-order valence-corrected chi connectivity index (χ3v) is 17.2. The van der Waals surface area contributed by atoms with Crippen molar-refractivity contribution in [3.63, 3.8) is 0 Å². The molecule has 6 nitrogen and oxygen atoms in total. The van der Waals surface area contributed by atoms with Crippen LogP contribution >= 0.6 is 0 Å². The van der Waals surface area contributed by atoms with Crippen molar-refractivity contribution in [1.82, 2.24) is 5.32 Å². The molecule has 0 bridgehead atoms. The van der Waals surface area contributed by atoms with E-state index in [1.165, 1.54) is 334 Å². The van der Waals surface area contributed by atoms with Crippen LogP contribution in [-0.4, -0.2) is 47.4 Å². The summed E-state index contributed by atoms with van der Waals surface area (Å²) in [6.07, 6.45) is 90.9. The summed E-state index contributed by atoms with van der Waals surface area (Å²) in [5.41, 5.74) is 0. The van der Waals surface area contributed by atoms with Gasteiger partial charge in [-0.15, -0.1) is 0 Å². The van der Waals surface area contributed by atoms with Crippen LogP contribution in [0.5, 0.6) is 0 Å². The van der Waals surface area contributed by atoms with Crippen molar-refractivity contribution in [3.8, 4) is 0 Å². The number of aliphatic hydroxyl groups is 2. The van der Waals surface area contributed by atoms with Crippen molar-refractivity contribution < 1.29 is 24.5 Å². The van der Waals surface area contributed by atoms with Crippen LogP contribution in [0.1, 0.15) is 406 Å². The molecule has 2 unspecified atom stereocenters. The van der Waals surface area contributed by atoms with E-state index in [9.17, 15) is 19.8 Å². The standard InChI is InChI=1S/C75H143NO5/c1-3-5-7-9-11-13-15-17-19-20-21-22-23-25-28-31-34-37-40-43-47-51-55-59-63-67-73(78)72(71-77)76-74(79)68-64-60-56-52-48-44-41-38-35-32-29-26-24-27-30-33-36-39-42-46-50-54-58-62-66-70-81-75(80)69-65-61-57-53-49-45-18-16-14-12-10-8-6-4-2/h26-27,29-30,63,67,72-73,77-78H,3-25,28,31-62,64-66,68-71H2,1-2H3,(H,76,79)/b29-26-,30-27-,67-63+. The smallest absolute Gasteiger partial charge is 0.305 e. The molecule has 0 spiro atoms. The predicted molar refractivity (Wildman–Crippen MR) is 356 cm³/mol. The largest absolute Gasteiger partial charge is 0.466 e. The molecule has 81 heavy (non-hydrogen) atoms. The fourth-order valence-electron chi connectivity index (χ4n) is 11.6. The minimum atomic E-state index is -0.851. The highest BCUT2D eigenvalue weighted by molar-refractivity contribution is 5.76. The van der Waals surface area contributed by atoms with E-state index in [1.807, 2.05) is 6.08 Å². The second-order valence-electron chi connectivity index (χ2n) is 25.3. The van der Waals surface area contributed by atoms with E-state index >= 15 is 0 Å². The average molecular weight is 1140 g/mol. The van der Waals surface area contributed by atoms with E-state index in [4.69, 9.17) is 4.74 Å². The van der Waals surface area contributed by atoms with Crippen molar-refractivity contribution in [2.45, 2.75) is 418 Å². The Labute approximate surface area is 506 Å². The summed E-state index contributed by atoms with van der Waals surface area (Å²) in [5.74, 6) is -0.0584. The molecule has 0 aliphatic rings. The lowest BCUT2D eigenvalue weighted by Gasteiger charge is -2.20. The molecular formula is C75H143NO5. The lowest BCUT2D eigenvalue weighted by molar-refractivity contribution is -0.143. The van der Waals surface area contributed by atoms with Gasteiger partial charge < -0.3 is 20.3 Å². The number of aliphatic hydroxyl groups excluding tert-OH is 2. The number of ether oxygens (including phenoxy) is 1. The number of hydrogen-bond donors (Lipinski definition) is 3. The Morgan fingerprint density at radius 3 is 0.938 bits per heavy atom. The maximum Gasteiger partial charge on any atom is 0.305 e. The fourth-order valence-corrected chi connectivity index (χ4v) is 11.6. The van der Waals surface area contributed by atoms with Gasteiger partial charge in [-0.1, -0.05) is 365 Å². The van der Waals surface area contributed by atoms with Gasteiger partial charge in [0.15, 0.2) is 0 Å². The zero-order chi connectivity index (χ0) is 58.5. The Kier molecular flexibility index (Phi) is 68.9. The number of nitrogens with one attached hydrogen (secondary N) is 1. The van der Waals surface area contributed by atoms with Crippen molar-refractivity contribution in [3.05, 3.63) is 36.5 Å². The van der Waals surface area contributed by atoms with Gasteiger partial charge in [-0.25, -0.2) is 0 Å². The zero-order valence-electron chi connectivity index (χ0n) is 54.8. The summed E-state index contributed by atoms with van der Waals surface area (Å²) < 4.78 is 5.49. The minimum Gasteiger partial charge on any atom is -0.466 e. The van der Waals surface area contributed by atoms with Gasteiger partial charge in [-0.05, 0) is 64.2 Å². The Morgan fingerprint density at radius 1 is 0.346 bits per heavy atom. The van der Waals surface area contributed by atoms with E-state index in [2.05, 4.69) is 43.5 Å². The van der Waals surface area contributed by atoms with Crippen LogP contribution < -0.4 is 5.32 Å². The lowest BCUT2D eigenvalue weighted by atomic mass is 10.0. The van der Waals surface area contributed by atoms with E-state index < -0.39 is 12.1 Å². The number of allylic oxidation sites excluding steroid dienone is 5. The topological polar surface area (TPSA) is 95.9 Å². The molecule has 0 saturated heterocycles. The molecule has 0 aromatic carbocycles. The van der Waals surface area contributed by atoms with Crippen molar-refractivity contribution in [2.24, 2.45) is 0 Å². The third-order valence-electron chi connectivity index (χ3n) is 17.2. The number of rotatable bonds is 69. The van der Waals surface area contributed by atoms with Crippen LogP contribution in [0, 0.1) is 0 Å². The highest BCUT2D eigenvalue weighted by atomic mass is 16.5. The third kappa shape index (κ3) is 67.1. The van der Waals surface area contributed by atoms with Crippen LogP contribution in [0.25, 0.3) is 0 Å². The molecule has 0 radical (unpaired) electrons. The quantitative estimate of drug-likeness (QED) is 0.0320. The first-order valence-electron chi connectivity index (χ1n) is 36.8. The molecule has 0 saturated carbocycles. The second kappa shape index (κ2) is 70.6. The van der Waals surface area contributed by atoms with Gasteiger partial charge in [-0.2, -0.15) is 0 Å². The molecule has 2 atom stereocenters. The van der Waals surface area contributed by atoms with Crippen LogP contribution in [0.4, 0.5) is 0 Å². The Balaban J connectivity index is 3.45. The molecule has 0 aliphatic heterocycles. The minimum absolute atomic E-state index is 0.0115. The van der Waals surface area contributed by atoms with Crippen LogP contribution in [0.15, 0.2) is 36.5 Å². The highest BCUT2D eigenvalue weighted by Gasteiger charge is 2.18. The highest BCUT2D eigenvalue weighted by Crippen LogP contribution is 2.19. The maximum atomic E-state index is 12.5. The van der Waals surface area contributed by atoms with Crippen LogP contribution in [0.3, 0.4) is 0 Å². The van der Waals surface area contributed by atoms with E-state index in [0.29, 0.717) is 19.4 Å². The molecule has 0 heterocycles.